The molecule has 0 heterocycles. The summed E-state index contributed by atoms with van der Waals surface area (Å²) < 4.78 is 17.9. The van der Waals surface area contributed by atoms with Crippen molar-refractivity contribution in [3.05, 3.63) is 12.2 Å². The Bertz CT molecular complexity index is 419. The Kier molecular flexibility index (Phi) is 12.1. The first kappa shape index (κ1) is 25.7. The van der Waals surface area contributed by atoms with Crippen molar-refractivity contribution in [3.8, 4) is 0 Å². The van der Waals surface area contributed by atoms with E-state index in [4.69, 9.17) is 19.3 Å². The number of carbonyl (C=O) groups excluding carboxylic acids is 1. The highest BCUT2D eigenvalue weighted by atomic mass is 28.4. The maximum absolute atomic E-state index is 10.9. The fourth-order valence-corrected chi connectivity index (χ4v) is 6.76. The summed E-state index contributed by atoms with van der Waals surface area (Å²) in [5, 5.41) is 9.83. The third-order valence-electron chi connectivity index (χ3n) is 3.14. The molecule has 1 unspecified atom stereocenters. The van der Waals surface area contributed by atoms with Crippen LogP contribution in [0, 0.1) is 0 Å². The number of aliphatic hydroxyl groups excluding tert-OH is 1. The van der Waals surface area contributed by atoms with Crippen LogP contribution < -0.4 is 5.73 Å². The lowest BCUT2D eigenvalue weighted by Crippen LogP contribution is -2.43. The molecule has 26 heavy (non-hydrogen) atoms. The van der Waals surface area contributed by atoms with Crippen LogP contribution in [0.4, 0.5) is 0 Å². The van der Waals surface area contributed by atoms with E-state index in [1.165, 1.54) is 0 Å². The zero-order chi connectivity index (χ0) is 20.4. The molecule has 1 atom stereocenters. The normalized spacial score (nSPS) is 13.8. The van der Waals surface area contributed by atoms with E-state index in [9.17, 15) is 9.90 Å². The summed E-state index contributed by atoms with van der Waals surface area (Å²) in [6, 6.07) is 0.980. The molecule has 0 fully saturated rings. The molecule has 6 nitrogen and oxygen atoms in total. The van der Waals surface area contributed by atoms with Crippen LogP contribution in [0.15, 0.2) is 12.2 Å². The van der Waals surface area contributed by atoms with Crippen molar-refractivity contribution >= 4 is 32.1 Å². The summed E-state index contributed by atoms with van der Waals surface area (Å²) >= 11 is 0. The first-order valence-corrected chi connectivity index (χ1v) is 17.2. The standard InChI is InChI=1S/C17H37NO5Si3/c1-14(16(18)20)9-10-15(19)13-21-11-8-12-24-17(22-25(2,3)4)23-26(5,6)7/h15,17,19H,1,8-13H2,2-7H3,(H2,18,20). The lowest BCUT2D eigenvalue weighted by Gasteiger charge is -2.31. The van der Waals surface area contributed by atoms with Crippen molar-refractivity contribution in [3.63, 3.8) is 0 Å². The molecule has 0 aliphatic rings. The van der Waals surface area contributed by atoms with Gasteiger partial charge in [0.1, 0.15) is 15.4 Å². The van der Waals surface area contributed by atoms with E-state index in [1.807, 2.05) is 0 Å². The Hall–Kier alpha value is -0.299. The number of hydrogen-bond acceptors (Lipinski definition) is 5. The molecule has 0 aliphatic carbocycles. The van der Waals surface area contributed by atoms with Crippen LogP contribution in [-0.2, 0) is 18.4 Å². The minimum atomic E-state index is -1.64. The van der Waals surface area contributed by atoms with Crippen molar-refractivity contribution in [2.75, 3.05) is 13.2 Å². The van der Waals surface area contributed by atoms with Crippen LogP contribution in [0.2, 0.25) is 45.3 Å². The van der Waals surface area contributed by atoms with Crippen LogP contribution in [0.1, 0.15) is 19.3 Å². The summed E-state index contributed by atoms with van der Waals surface area (Å²) in [6.07, 6.45) is 1.12. The van der Waals surface area contributed by atoms with Gasteiger partial charge in [0.25, 0.3) is 0 Å². The number of primary amides is 1. The minimum absolute atomic E-state index is 0.0984. The molecule has 1 amide bonds. The number of rotatable bonds is 15. The molecule has 9 heteroatoms. The van der Waals surface area contributed by atoms with Crippen molar-refractivity contribution in [2.24, 2.45) is 5.73 Å². The molecule has 0 bridgehead atoms. The van der Waals surface area contributed by atoms with Crippen molar-refractivity contribution in [1.29, 1.82) is 0 Å². The minimum Gasteiger partial charge on any atom is -0.397 e. The van der Waals surface area contributed by atoms with Crippen molar-refractivity contribution in [2.45, 2.75) is 76.6 Å². The highest BCUT2D eigenvalue weighted by Gasteiger charge is 2.26. The fourth-order valence-electron chi connectivity index (χ4n) is 1.91. The second-order valence-corrected chi connectivity index (χ2v) is 18.6. The van der Waals surface area contributed by atoms with Crippen molar-refractivity contribution < 1.29 is 23.5 Å². The van der Waals surface area contributed by atoms with Crippen LogP contribution in [-0.4, -0.2) is 62.4 Å². The molecule has 0 saturated heterocycles. The molecular formula is C17H37NO5Si3. The lowest BCUT2D eigenvalue weighted by atomic mass is 10.1. The third-order valence-corrected chi connectivity index (χ3v) is 6.66. The topological polar surface area (TPSA) is 91.0 Å². The number of aliphatic hydroxyl groups is 1. The molecule has 2 radical (unpaired) electrons. The number of hydrogen-bond donors (Lipinski definition) is 2. The predicted octanol–water partition coefficient (Wildman–Crippen LogP) is 2.68. The molecule has 0 saturated carbocycles. The molecule has 3 N–H and O–H groups in total. The van der Waals surface area contributed by atoms with Gasteiger partial charge in [0.15, 0.2) is 16.6 Å². The van der Waals surface area contributed by atoms with Gasteiger partial charge in [0, 0.05) is 12.2 Å². The number of nitrogens with two attached hydrogens (primary N) is 1. The maximum Gasteiger partial charge on any atom is 0.244 e. The fraction of sp³-hybridized carbons (Fsp3) is 0.824. The average Bonchev–Trinajstić information content (AvgIpc) is 2.44. The predicted molar refractivity (Wildman–Crippen MR) is 112 cm³/mol. The van der Waals surface area contributed by atoms with Crippen LogP contribution in [0.5, 0.6) is 0 Å². The smallest absolute Gasteiger partial charge is 0.244 e. The third kappa shape index (κ3) is 15.9. The molecule has 0 aromatic carbocycles. The molecule has 0 aromatic rings. The molecule has 0 aromatic heterocycles. The van der Waals surface area contributed by atoms with E-state index in [0.29, 0.717) is 34.5 Å². The van der Waals surface area contributed by atoms with Gasteiger partial charge in [0.2, 0.25) is 5.91 Å². The second-order valence-electron chi connectivity index (χ2n) is 8.34. The second kappa shape index (κ2) is 12.2. The molecule has 0 aliphatic heterocycles. The van der Waals surface area contributed by atoms with Gasteiger partial charge in [-0.1, -0.05) is 12.6 Å². The highest BCUT2D eigenvalue weighted by Crippen LogP contribution is 2.15. The largest absolute Gasteiger partial charge is 0.397 e. The lowest BCUT2D eigenvalue weighted by molar-refractivity contribution is -0.114. The van der Waals surface area contributed by atoms with E-state index in [0.717, 1.165) is 12.5 Å². The Morgan fingerprint density at radius 1 is 1.15 bits per heavy atom. The number of carbonyl (C=O) groups is 1. The van der Waals surface area contributed by atoms with Gasteiger partial charge >= 0.3 is 0 Å². The molecule has 0 spiro atoms. The Labute approximate surface area is 163 Å². The average molecular weight is 420 g/mol. The summed E-state index contributed by atoms with van der Waals surface area (Å²) in [5.41, 5.74) is 5.45. The SMILES string of the molecule is C=C(CCC(O)COCCC[Si]C(O[Si](C)(C)C)O[Si](C)(C)C)C(N)=O. The van der Waals surface area contributed by atoms with Crippen LogP contribution in [0.25, 0.3) is 0 Å². The van der Waals surface area contributed by atoms with Gasteiger partial charge in [-0.3, -0.25) is 4.79 Å². The summed E-state index contributed by atoms with van der Waals surface area (Å²) in [4.78, 5) is 10.9. The van der Waals surface area contributed by atoms with E-state index < -0.39 is 28.6 Å². The van der Waals surface area contributed by atoms with Gasteiger partial charge in [0.05, 0.1) is 12.7 Å². The first-order chi connectivity index (χ1) is 11.8. The van der Waals surface area contributed by atoms with E-state index in [-0.39, 0.29) is 12.5 Å². The van der Waals surface area contributed by atoms with Gasteiger partial charge in [-0.05, 0) is 58.5 Å². The summed E-state index contributed by atoms with van der Waals surface area (Å²) in [6.45, 7) is 17.5. The maximum atomic E-state index is 10.9. The van der Waals surface area contributed by atoms with Gasteiger partial charge in [-0.2, -0.15) is 0 Å². The Morgan fingerprint density at radius 2 is 1.69 bits per heavy atom. The summed E-state index contributed by atoms with van der Waals surface area (Å²) in [5.74, 6) is -0.617. The molecule has 152 valence electrons. The zero-order valence-corrected chi connectivity index (χ0v) is 20.3. The quantitative estimate of drug-likeness (QED) is 0.184. The highest BCUT2D eigenvalue weighted by molar-refractivity contribution is 6.71. The van der Waals surface area contributed by atoms with Crippen LogP contribution in [0.3, 0.4) is 0 Å². The number of amides is 1. The number of ether oxygens (including phenoxy) is 1. The first-order valence-electron chi connectivity index (χ1n) is 9.12. The molecular weight excluding hydrogens is 382 g/mol. The van der Waals surface area contributed by atoms with Gasteiger partial charge < -0.3 is 24.4 Å². The summed E-state index contributed by atoms with van der Waals surface area (Å²) in [7, 11) is -2.68. The Balaban J connectivity index is 3.96. The molecule has 0 rings (SSSR count). The van der Waals surface area contributed by atoms with Crippen molar-refractivity contribution in [1.82, 2.24) is 0 Å². The van der Waals surface area contributed by atoms with E-state index >= 15 is 0 Å². The Morgan fingerprint density at radius 3 is 2.15 bits per heavy atom. The van der Waals surface area contributed by atoms with Gasteiger partial charge in [-0.25, -0.2) is 0 Å². The van der Waals surface area contributed by atoms with E-state index in [1.54, 1.807) is 0 Å². The zero-order valence-electron chi connectivity index (χ0n) is 17.3. The van der Waals surface area contributed by atoms with E-state index in [2.05, 4.69) is 45.9 Å². The van der Waals surface area contributed by atoms with Gasteiger partial charge in [-0.15, -0.1) is 0 Å². The monoisotopic (exact) mass is 419 g/mol. The van der Waals surface area contributed by atoms with Crippen LogP contribution >= 0.6 is 0 Å².